The van der Waals surface area contributed by atoms with E-state index < -0.39 is 0 Å². The van der Waals surface area contributed by atoms with Gasteiger partial charge in [0, 0.05) is 19.0 Å². The predicted molar refractivity (Wildman–Crippen MR) is 62.7 cm³/mol. The SMILES string of the molecule is CC(C)NCCCC(=O)NCC1CCC1. The highest BCUT2D eigenvalue weighted by Gasteiger charge is 2.17. The lowest BCUT2D eigenvalue weighted by molar-refractivity contribution is -0.121. The maximum Gasteiger partial charge on any atom is 0.220 e. The van der Waals surface area contributed by atoms with Gasteiger partial charge in [-0.25, -0.2) is 0 Å². The number of carbonyl (C=O) groups excluding carboxylic acids is 1. The summed E-state index contributed by atoms with van der Waals surface area (Å²) in [5, 5.41) is 6.31. The fourth-order valence-corrected chi connectivity index (χ4v) is 1.68. The molecule has 0 unspecified atom stereocenters. The number of hydrogen-bond donors (Lipinski definition) is 2. The minimum Gasteiger partial charge on any atom is -0.356 e. The number of rotatable bonds is 7. The highest BCUT2D eigenvalue weighted by molar-refractivity contribution is 5.75. The summed E-state index contributed by atoms with van der Waals surface area (Å²) in [6.45, 7) is 6.08. The van der Waals surface area contributed by atoms with E-state index in [9.17, 15) is 4.79 Å². The van der Waals surface area contributed by atoms with Crippen LogP contribution in [0.1, 0.15) is 46.0 Å². The molecule has 2 N–H and O–H groups in total. The van der Waals surface area contributed by atoms with E-state index in [4.69, 9.17) is 0 Å². The zero-order chi connectivity index (χ0) is 11.1. The summed E-state index contributed by atoms with van der Waals surface area (Å²) >= 11 is 0. The summed E-state index contributed by atoms with van der Waals surface area (Å²) in [6, 6.07) is 0.517. The lowest BCUT2D eigenvalue weighted by atomic mass is 9.85. The molecule has 1 aliphatic rings. The first-order valence-corrected chi connectivity index (χ1v) is 6.18. The number of amides is 1. The molecule has 0 heterocycles. The van der Waals surface area contributed by atoms with E-state index in [-0.39, 0.29) is 5.91 Å². The third kappa shape index (κ3) is 5.78. The summed E-state index contributed by atoms with van der Waals surface area (Å²) in [5.41, 5.74) is 0. The Morgan fingerprint density at radius 1 is 1.40 bits per heavy atom. The summed E-state index contributed by atoms with van der Waals surface area (Å²) in [5.74, 6) is 0.982. The zero-order valence-electron chi connectivity index (χ0n) is 10.0. The highest BCUT2D eigenvalue weighted by Crippen LogP contribution is 2.25. The molecular formula is C12H24N2O. The molecule has 0 atom stereocenters. The lowest BCUT2D eigenvalue weighted by Gasteiger charge is -2.25. The molecule has 0 aromatic rings. The molecule has 3 heteroatoms. The Kier molecular flexibility index (Phi) is 5.69. The van der Waals surface area contributed by atoms with Crippen molar-refractivity contribution < 1.29 is 4.79 Å². The second-order valence-corrected chi connectivity index (χ2v) is 4.81. The van der Waals surface area contributed by atoms with Crippen LogP contribution in [0.3, 0.4) is 0 Å². The molecular weight excluding hydrogens is 188 g/mol. The van der Waals surface area contributed by atoms with E-state index in [1.54, 1.807) is 0 Å². The van der Waals surface area contributed by atoms with Crippen molar-refractivity contribution in [2.24, 2.45) is 5.92 Å². The third-order valence-electron chi connectivity index (χ3n) is 2.95. The van der Waals surface area contributed by atoms with Crippen LogP contribution in [0, 0.1) is 5.92 Å². The van der Waals surface area contributed by atoms with E-state index in [0.29, 0.717) is 12.5 Å². The Morgan fingerprint density at radius 2 is 2.13 bits per heavy atom. The van der Waals surface area contributed by atoms with E-state index in [1.165, 1.54) is 19.3 Å². The first-order chi connectivity index (χ1) is 7.18. The molecule has 0 aromatic carbocycles. The number of nitrogens with one attached hydrogen (secondary N) is 2. The Bertz CT molecular complexity index is 188. The maximum absolute atomic E-state index is 11.4. The molecule has 1 fully saturated rings. The molecule has 0 aromatic heterocycles. The van der Waals surface area contributed by atoms with Gasteiger partial charge >= 0.3 is 0 Å². The summed E-state index contributed by atoms with van der Waals surface area (Å²) < 4.78 is 0. The first kappa shape index (κ1) is 12.5. The Labute approximate surface area is 93.0 Å². The first-order valence-electron chi connectivity index (χ1n) is 6.18. The van der Waals surface area contributed by atoms with Crippen LogP contribution < -0.4 is 10.6 Å². The minimum absolute atomic E-state index is 0.215. The van der Waals surface area contributed by atoms with Gasteiger partial charge in [-0.1, -0.05) is 20.3 Å². The molecule has 3 nitrogen and oxygen atoms in total. The van der Waals surface area contributed by atoms with E-state index in [2.05, 4.69) is 24.5 Å². The van der Waals surface area contributed by atoms with Crippen molar-refractivity contribution in [1.29, 1.82) is 0 Å². The minimum atomic E-state index is 0.215. The molecule has 15 heavy (non-hydrogen) atoms. The Morgan fingerprint density at radius 3 is 2.67 bits per heavy atom. The van der Waals surface area contributed by atoms with Crippen LogP contribution in [0.25, 0.3) is 0 Å². The molecule has 0 bridgehead atoms. The van der Waals surface area contributed by atoms with Gasteiger partial charge in [0.05, 0.1) is 0 Å². The molecule has 1 rings (SSSR count). The van der Waals surface area contributed by atoms with Crippen LogP contribution in [0.5, 0.6) is 0 Å². The van der Waals surface area contributed by atoms with Crippen LogP contribution >= 0.6 is 0 Å². The van der Waals surface area contributed by atoms with Crippen molar-refractivity contribution in [3.63, 3.8) is 0 Å². The van der Waals surface area contributed by atoms with Gasteiger partial charge in [0.15, 0.2) is 0 Å². The van der Waals surface area contributed by atoms with Crippen molar-refractivity contribution in [3.05, 3.63) is 0 Å². The van der Waals surface area contributed by atoms with Gasteiger partial charge in [0.1, 0.15) is 0 Å². The van der Waals surface area contributed by atoms with Crippen LogP contribution in [0.15, 0.2) is 0 Å². The molecule has 0 saturated heterocycles. The van der Waals surface area contributed by atoms with Crippen molar-refractivity contribution >= 4 is 5.91 Å². The Hall–Kier alpha value is -0.570. The van der Waals surface area contributed by atoms with E-state index in [0.717, 1.165) is 25.4 Å². The monoisotopic (exact) mass is 212 g/mol. The third-order valence-corrected chi connectivity index (χ3v) is 2.95. The van der Waals surface area contributed by atoms with Gasteiger partial charge in [-0.05, 0) is 31.7 Å². The highest BCUT2D eigenvalue weighted by atomic mass is 16.1. The number of hydrogen-bond acceptors (Lipinski definition) is 2. The number of carbonyl (C=O) groups is 1. The summed E-state index contributed by atoms with van der Waals surface area (Å²) in [4.78, 5) is 11.4. The van der Waals surface area contributed by atoms with Gasteiger partial charge in [0.2, 0.25) is 5.91 Å². The zero-order valence-corrected chi connectivity index (χ0v) is 10.0. The predicted octanol–water partition coefficient (Wildman–Crippen LogP) is 1.68. The van der Waals surface area contributed by atoms with Gasteiger partial charge in [-0.2, -0.15) is 0 Å². The fourth-order valence-electron chi connectivity index (χ4n) is 1.68. The van der Waals surface area contributed by atoms with Crippen molar-refractivity contribution in [3.8, 4) is 0 Å². The van der Waals surface area contributed by atoms with Gasteiger partial charge in [-0.15, -0.1) is 0 Å². The molecule has 88 valence electrons. The van der Waals surface area contributed by atoms with Crippen molar-refractivity contribution in [2.75, 3.05) is 13.1 Å². The van der Waals surface area contributed by atoms with Crippen LogP contribution in [-0.4, -0.2) is 25.0 Å². The normalized spacial score (nSPS) is 16.5. The van der Waals surface area contributed by atoms with E-state index >= 15 is 0 Å². The van der Waals surface area contributed by atoms with Gasteiger partial charge in [0.25, 0.3) is 0 Å². The van der Waals surface area contributed by atoms with Crippen LogP contribution in [-0.2, 0) is 4.79 Å². The van der Waals surface area contributed by atoms with Crippen LogP contribution in [0.2, 0.25) is 0 Å². The topological polar surface area (TPSA) is 41.1 Å². The molecule has 1 aliphatic carbocycles. The largest absolute Gasteiger partial charge is 0.356 e. The summed E-state index contributed by atoms with van der Waals surface area (Å²) in [6.07, 6.45) is 5.55. The maximum atomic E-state index is 11.4. The fraction of sp³-hybridized carbons (Fsp3) is 0.917. The van der Waals surface area contributed by atoms with Crippen molar-refractivity contribution in [2.45, 2.75) is 52.0 Å². The quantitative estimate of drug-likeness (QED) is 0.630. The van der Waals surface area contributed by atoms with E-state index in [1.807, 2.05) is 0 Å². The second-order valence-electron chi connectivity index (χ2n) is 4.81. The second kappa shape index (κ2) is 6.83. The van der Waals surface area contributed by atoms with Crippen molar-refractivity contribution in [1.82, 2.24) is 10.6 Å². The standard InChI is InChI=1S/C12H24N2O/c1-10(2)13-8-4-7-12(15)14-9-11-5-3-6-11/h10-11,13H,3-9H2,1-2H3,(H,14,15). The average molecular weight is 212 g/mol. The molecule has 1 saturated carbocycles. The van der Waals surface area contributed by atoms with Gasteiger partial charge < -0.3 is 10.6 Å². The smallest absolute Gasteiger partial charge is 0.220 e. The molecule has 0 aliphatic heterocycles. The lowest BCUT2D eigenvalue weighted by Crippen LogP contribution is -2.32. The molecule has 0 radical (unpaired) electrons. The summed E-state index contributed by atoms with van der Waals surface area (Å²) in [7, 11) is 0. The molecule has 1 amide bonds. The average Bonchev–Trinajstić information content (AvgIpc) is 2.09. The van der Waals surface area contributed by atoms with Gasteiger partial charge in [-0.3, -0.25) is 4.79 Å². The molecule has 0 spiro atoms. The Balaban J connectivity index is 1.89. The van der Waals surface area contributed by atoms with Crippen LogP contribution in [0.4, 0.5) is 0 Å².